The number of amides is 2. The summed E-state index contributed by atoms with van der Waals surface area (Å²) in [5.74, 6) is -1.30. The third-order valence-corrected chi connectivity index (χ3v) is 6.82. The molecule has 0 spiro atoms. The second kappa shape index (κ2) is 6.84. The number of benzene rings is 2. The number of aryl methyl sites for hydroxylation is 1. The van der Waals surface area contributed by atoms with Gasteiger partial charge in [0.15, 0.2) is 0 Å². The molecule has 1 aliphatic heterocycles. The van der Waals surface area contributed by atoms with Crippen LogP contribution in [-0.4, -0.2) is 36.1 Å². The van der Waals surface area contributed by atoms with E-state index in [1.165, 1.54) is 23.5 Å². The molecule has 2 aromatic carbocycles. The van der Waals surface area contributed by atoms with Gasteiger partial charge in [-0.15, -0.1) is 11.3 Å². The number of carbonyl (C=O) groups excluding carboxylic acids is 2. The minimum absolute atomic E-state index is 0.0753. The van der Waals surface area contributed by atoms with E-state index >= 15 is 0 Å². The highest BCUT2D eigenvalue weighted by Crippen LogP contribution is 2.30. The molecule has 0 fully saturated rings. The number of sulfonamides is 1. The van der Waals surface area contributed by atoms with Crippen molar-refractivity contribution < 1.29 is 18.0 Å². The number of rotatable bonds is 4. The predicted molar refractivity (Wildman–Crippen MR) is 106 cm³/mol. The minimum atomic E-state index is -4.02. The Morgan fingerprint density at radius 3 is 2.68 bits per heavy atom. The Morgan fingerprint density at radius 2 is 1.96 bits per heavy atom. The van der Waals surface area contributed by atoms with E-state index in [2.05, 4.69) is 10.3 Å². The van der Waals surface area contributed by atoms with E-state index in [-0.39, 0.29) is 10.5 Å². The summed E-state index contributed by atoms with van der Waals surface area (Å²) in [7, 11) is -4.02. The van der Waals surface area contributed by atoms with Crippen LogP contribution >= 0.6 is 11.3 Å². The molecule has 0 bridgehead atoms. The van der Waals surface area contributed by atoms with Crippen molar-refractivity contribution in [3.63, 3.8) is 0 Å². The van der Waals surface area contributed by atoms with Gasteiger partial charge in [0, 0.05) is 16.6 Å². The number of aromatic nitrogens is 1. The number of hydrogen-bond acceptors (Lipinski definition) is 6. The number of thiazole rings is 1. The standard InChI is InChI=1S/C19H15N3O4S2/c1-12-20-16(11-27-12)13-5-4-6-14(9-13)21-18(23)10-22-19(24)15-7-2-3-8-17(15)28(22,25)26/h2-9,11H,10H2,1H3,(H,21,23). The van der Waals surface area contributed by atoms with Crippen LogP contribution in [0.25, 0.3) is 11.3 Å². The molecule has 0 saturated carbocycles. The smallest absolute Gasteiger partial charge is 0.269 e. The Kier molecular flexibility index (Phi) is 4.48. The maximum Gasteiger partial charge on any atom is 0.269 e. The molecule has 3 aromatic rings. The van der Waals surface area contributed by atoms with Crippen LogP contribution in [0.2, 0.25) is 0 Å². The molecule has 1 aromatic heterocycles. The van der Waals surface area contributed by atoms with Crippen molar-refractivity contribution in [2.45, 2.75) is 11.8 Å². The van der Waals surface area contributed by atoms with Gasteiger partial charge >= 0.3 is 0 Å². The van der Waals surface area contributed by atoms with Gasteiger partial charge in [-0.05, 0) is 31.2 Å². The Morgan fingerprint density at radius 1 is 1.18 bits per heavy atom. The second-order valence-corrected chi connectivity index (χ2v) is 9.09. The van der Waals surface area contributed by atoms with Gasteiger partial charge in [-0.25, -0.2) is 17.7 Å². The highest BCUT2D eigenvalue weighted by Gasteiger charge is 2.41. The lowest BCUT2D eigenvalue weighted by Crippen LogP contribution is -2.37. The van der Waals surface area contributed by atoms with E-state index in [1.807, 2.05) is 18.4 Å². The molecule has 142 valence electrons. The minimum Gasteiger partial charge on any atom is -0.324 e. The SMILES string of the molecule is Cc1nc(-c2cccc(NC(=O)CN3C(=O)c4ccccc4S3(=O)=O)c2)cs1. The molecule has 7 nitrogen and oxygen atoms in total. The van der Waals surface area contributed by atoms with Crippen LogP contribution in [0.4, 0.5) is 5.69 Å². The molecule has 2 amide bonds. The highest BCUT2D eigenvalue weighted by molar-refractivity contribution is 7.90. The van der Waals surface area contributed by atoms with Gasteiger partial charge in [0.2, 0.25) is 5.91 Å². The quantitative estimate of drug-likeness (QED) is 0.709. The summed E-state index contributed by atoms with van der Waals surface area (Å²) < 4.78 is 25.7. The summed E-state index contributed by atoms with van der Waals surface area (Å²) in [5.41, 5.74) is 2.21. The lowest BCUT2D eigenvalue weighted by molar-refractivity contribution is -0.116. The van der Waals surface area contributed by atoms with Crippen molar-refractivity contribution in [2.75, 3.05) is 11.9 Å². The van der Waals surface area contributed by atoms with E-state index < -0.39 is 28.4 Å². The number of anilines is 1. The van der Waals surface area contributed by atoms with Crippen molar-refractivity contribution >= 4 is 38.9 Å². The lowest BCUT2D eigenvalue weighted by Gasteiger charge is -2.15. The van der Waals surface area contributed by atoms with E-state index in [0.29, 0.717) is 9.99 Å². The zero-order valence-corrected chi connectivity index (χ0v) is 16.4. The maximum atomic E-state index is 12.5. The van der Waals surface area contributed by atoms with E-state index in [0.717, 1.165) is 16.3 Å². The summed E-state index contributed by atoms with van der Waals surface area (Å²) in [6, 6.07) is 13.0. The fourth-order valence-corrected chi connectivity index (χ4v) is 5.12. The number of nitrogens with zero attached hydrogens (tertiary/aromatic N) is 2. The molecule has 9 heteroatoms. The lowest BCUT2D eigenvalue weighted by atomic mass is 10.1. The number of carbonyl (C=O) groups is 2. The largest absolute Gasteiger partial charge is 0.324 e. The van der Waals surface area contributed by atoms with Crippen molar-refractivity contribution in [2.24, 2.45) is 0 Å². The van der Waals surface area contributed by atoms with Crippen LogP contribution in [0, 0.1) is 6.92 Å². The Balaban J connectivity index is 1.52. The van der Waals surface area contributed by atoms with Crippen LogP contribution in [0.3, 0.4) is 0 Å². The average Bonchev–Trinajstić information content (AvgIpc) is 3.18. The van der Waals surface area contributed by atoms with Gasteiger partial charge < -0.3 is 5.32 Å². The van der Waals surface area contributed by atoms with Gasteiger partial charge in [0.25, 0.3) is 15.9 Å². The highest BCUT2D eigenvalue weighted by atomic mass is 32.2. The number of nitrogens with one attached hydrogen (secondary N) is 1. The van der Waals surface area contributed by atoms with Crippen LogP contribution < -0.4 is 5.32 Å². The third kappa shape index (κ3) is 3.19. The molecule has 0 radical (unpaired) electrons. The third-order valence-electron chi connectivity index (χ3n) is 4.26. The van der Waals surface area contributed by atoms with Crippen molar-refractivity contribution in [1.82, 2.24) is 9.29 Å². The predicted octanol–water partition coefficient (Wildman–Crippen LogP) is 2.90. The Hall–Kier alpha value is -3.04. The van der Waals surface area contributed by atoms with Crippen LogP contribution in [0.1, 0.15) is 15.4 Å². The molecule has 4 rings (SSSR count). The van der Waals surface area contributed by atoms with Crippen LogP contribution in [0.5, 0.6) is 0 Å². The number of hydrogen-bond donors (Lipinski definition) is 1. The van der Waals surface area contributed by atoms with Gasteiger partial charge in [0.05, 0.1) is 16.3 Å². The van der Waals surface area contributed by atoms with Gasteiger partial charge in [-0.2, -0.15) is 0 Å². The molecule has 2 heterocycles. The Bertz CT molecular complexity index is 1200. The average molecular weight is 413 g/mol. The van der Waals surface area contributed by atoms with E-state index in [1.54, 1.807) is 30.3 Å². The topological polar surface area (TPSA) is 96.4 Å². The van der Waals surface area contributed by atoms with Crippen LogP contribution in [-0.2, 0) is 14.8 Å². The fraction of sp³-hybridized carbons (Fsp3) is 0.105. The molecule has 0 atom stereocenters. The van der Waals surface area contributed by atoms with Crippen molar-refractivity contribution in [3.8, 4) is 11.3 Å². The van der Waals surface area contributed by atoms with Crippen molar-refractivity contribution in [1.29, 1.82) is 0 Å². The normalized spacial score (nSPS) is 14.8. The Labute approximate surface area is 165 Å². The maximum absolute atomic E-state index is 12.5. The van der Waals surface area contributed by atoms with E-state index in [9.17, 15) is 18.0 Å². The molecule has 0 unspecified atom stereocenters. The molecular formula is C19H15N3O4S2. The molecule has 1 aliphatic rings. The van der Waals surface area contributed by atoms with Crippen molar-refractivity contribution in [3.05, 3.63) is 64.5 Å². The van der Waals surface area contributed by atoms with Gasteiger partial charge in [0.1, 0.15) is 11.4 Å². The molecule has 28 heavy (non-hydrogen) atoms. The summed E-state index contributed by atoms with van der Waals surface area (Å²) in [6.07, 6.45) is 0. The molecule has 0 saturated heterocycles. The van der Waals surface area contributed by atoms with Crippen LogP contribution in [0.15, 0.2) is 58.8 Å². The van der Waals surface area contributed by atoms with Gasteiger partial charge in [-0.3, -0.25) is 9.59 Å². The fourth-order valence-electron chi connectivity index (χ4n) is 2.97. The first kappa shape index (κ1) is 18.3. The summed E-state index contributed by atoms with van der Waals surface area (Å²) in [6.45, 7) is 1.32. The summed E-state index contributed by atoms with van der Waals surface area (Å²) >= 11 is 1.53. The number of fused-ring (bicyclic) bond motifs is 1. The zero-order chi connectivity index (χ0) is 19.9. The zero-order valence-electron chi connectivity index (χ0n) is 14.7. The second-order valence-electron chi connectivity index (χ2n) is 6.19. The molecule has 0 aliphatic carbocycles. The first-order valence-electron chi connectivity index (χ1n) is 8.35. The first-order chi connectivity index (χ1) is 13.4. The molecule has 1 N–H and O–H groups in total. The first-order valence-corrected chi connectivity index (χ1v) is 10.7. The molecular weight excluding hydrogens is 398 g/mol. The monoisotopic (exact) mass is 413 g/mol. The van der Waals surface area contributed by atoms with Gasteiger partial charge in [-0.1, -0.05) is 24.3 Å². The summed E-state index contributed by atoms with van der Waals surface area (Å²) in [5, 5.41) is 5.50. The van der Waals surface area contributed by atoms with E-state index in [4.69, 9.17) is 0 Å². The summed E-state index contributed by atoms with van der Waals surface area (Å²) in [4.78, 5) is 29.2.